The third kappa shape index (κ3) is 2.77. The van der Waals surface area contributed by atoms with Crippen LogP contribution in [0.5, 0.6) is 0 Å². The number of hydrogen-bond acceptors (Lipinski definition) is 4. The summed E-state index contributed by atoms with van der Waals surface area (Å²) in [6.07, 6.45) is 2.26. The van der Waals surface area contributed by atoms with Gasteiger partial charge in [0, 0.05) is 13.1 Å². The van der Waals surface area contributed by atoms with Crippen LogP contribution in [0.15, 0.2) is 29.3 Å². The molecule has 0 bridgehead atoms. The van der Waals surface area contributed by atoms with Crippen LogP contribution in [0.1, 0.15) is 18.5 Å². The topological polar surface area (TPSA) is 46.1 Å². The number of para-hydroxylation sites is 2. The van der Waals surface area contributed by atoms with Gasteiger partial charge < -0.3 is 4.90 Å². The third-order valence-electron chi connectivity index (χ3n) is 3.49. The second-order valence-electron chi connectivity index (χ2n) is 4.98. The number of carbonyl (C=O) groups excluding carboxylic acids is 1. The van der Waals surface area contributed by atoms with Crippen LogP contribution in [0.2, 0.25) is 0 Å². The number of amides is 1. The van der Waals surface area contributed by atoms with Crippen molar-refractivity contribution in [3.63, 3.8) is 0 Å². The van der Waals surface area contributed by atoms with Crippen LogP contribution < -0.4 is 0 Å². The molecule has 0 spiro atoms. The lowest BCUT2D eigenvalue weighted by Crippen LogP contribution is -2.29. The minimum Gasteiger partial charge on any atom is -0.342 e. The molecule has 20 heavy (non-hydrogen) atoms. The lowest BCUT2D eigenvalue weighted by Gasteiger charge is -2.14. The van der Waals surface area contributed by atoms with Crippen molar-refractivity contribution < 1.29 is 4.79 Å². The molecule has 0 radical (unpaired) electrons. The van der Waals surface area contributed by atoms with E-state index < -0.39 is 0 Å². The fraction of sp³-hybridized carbons (Fsp3) is 0.400. The van der Waals surface area contributed by atoms with E-state index >= 15 is 0 Å². The second-order valence-corrected chi connectivity index (χ2v) is 5.94. The molecule has 1 fully saturated rings. The zero-order valence-electron chi connectivity index (χ0n) is 11.5. The number of carbonyl (C=O) groups is 1. The number of benzene rings is 1. The molecule has 3 rings (SSSR count). The third-order valence-corrected chi connectivity index (χ3v) is 4.54. The van der Waals surface area contributed by atoms with E-state index in [1.165, 1.54) is 11.8 Å². The van der Waals surface area contributed by atoms with E-state index in [9.17, 15) is 4.79 Å². The van der Waals surface area contributed by atoms with Gasteiger partial charge in [0.05, 0.1) is 22.5 Å². The van der Waals surface area contributed by atoms with E-state index in [4.69, 9.17) is 0 Å². The van der Waals surface area contributed by atoms with Gasteiger partial charge in [-0.2, -0.15) is 0 Å². The molecule has 2 heterocycles. The van der Waals surface area contributed by atoms with E-state index in [0.717, 1.165) is 47.7 Å². The Morgan fingerprint density at radius 2 is 1.85 bits per heavy atom. The van der Waals surface area contributed by atoms with Crippen LogP contribution >= 0.6 is 11.8 Å². The van der Waals surface area contributed by atoms with E-state index in [1.807, 2.05) is 36.1 Å². The molecule has 1 aromatic carbocycles. The van der Waals surface area contributed by atoms with E-state index in [1.54, 1.807) is 0 Å². The Bertz CT molecular complexity index is 638. The highest BCUT2D eigenvalue weighted by atomic mass is 32.2. The fourth-order valence-electron chi connectivity index (χ4n) is 2.40. The minimum atomic E-state index is 0.210. The number of nitrogens with zero attached hydrogens (tertiary/aromatic N) is 3. The number of fused-ring (bicyclic) bond motifs is 1. The largest absolute Gasteiger partial charge is 0.342 e. The highest BCUT2D eigenvalue weighted by Crippen LogP contribution is 2.22. The first-order valence-electron chi connectivity index (χ1n) is 6.88. The van der Waals surface area contributed by atoms with Crippen LogP contribution in [-0.2, 0) is 4.79 Å². The first-order chi connectivity index (χ1) is 9.74. The maximum atomic E-state index is 12.1. The predicted octanol–water partition coefficient (Wildman–Crippen LogP) is 2.65. The molecule has 1 amide bonds. The molecule has 0 saturated carbocycles. The number of thioether (sulfide) groups is 1. The van der Waals surface area contributed by atoms with Gasteiger partial charge in [-0.1, -0.05) is 23.9 Å². The fourth-order valence-corrected chi connectivity index (χ4v) is 3.26. The van der Waals surface area contributed by atoms with Gasteiger partial charge in [-0.05, 0) is 31.9 Å². The molecule has 0 atom stereocenters. The maximum Gasteiger partial charge on any atom is 0.232 e. The van der Waals surface area contributed by atoms with Gasteiger partial charge >= 0.3 is 0 Å². The van der Waals surface area contributed by atoms with Crippen molar-refractivity contribution in [1.82, 2.24) is 14.9 Å². The Morgan fingerprint density at radius 3 is 2.55 bits per heavy atom. The van der Waals surface area contributed by atoms with Crippen molar-refractivity contribution in [3.8, 4) is 0 Å². The standard InChI is InChI=1S/C15H17N3OS/c1-11-15(17-13-7-3-2-6-12(13)16-11)20-10-14(19)18-8-4-5-9-18/h2-3,6-7H,4-5,8-10H2,1H3. The quantitative estimate of drug-likeness (QED) is 0.814. The van der Waals surface area contributed by atoms with E-state index in [2.05, 4.69) is 9.97 Å². The van der Waals surface area contributed by atoms with Crippen molar-refractivity contribution in [3.05, 3.63) is 30.0 Å². The molecule has 0 N–H and O–H groups in total. The highest BCUT2D eigenvalue weighted by Gasteiger charge is 2.18. The van der Waals surface area contributed by atoms with Gasteiger partial charge in [-0.3, -0.25) is 4.79 Å². The van der Waals surface area contributed by atoms with Crippen LogP contribution in [0, 0.1) is 6.92 Å². The monoisotopic (exact) mass is 287 g/mol. The zero-order chi connectivity index (χ0) is 13.9. The molecule has 0 unspecified atom stereocenters. The summed E-state index contributed by atoms with van der Waals surface area (Å²) in [5.74, 6) is 0.662. The molecule has 1 aliphatic rings. The summed E-state index contributed by atoms with van der Waals surface area (Å²) >= 11 is 1.49. The van der Waals surface area contributed by atoms with Gasteiger partial charge in [0.1, 0.15) is 5.03 Å². The zero-order valence-corrected chi connectivity index (χ0v) is 12.3. The molecule has 104 valence electrons. The van der Waals surface area contributed by atoms with Crippen LogP contribution in [-0.4, -0.2) is 39.6 Å². The Balaban J connectivity index is 1.73. The second kappa shape index (κ2) is 5.79. The lowest BCUT2D eigenvalue weighted by atomic mass is 10.3. The lowest BCUT2D eigenvalue weighted by molar-refractivity contribution is -0.127. The number of aryl methyl sites for hydroxylation is 1. The molecular formula is C15H17N3OS. The highest BCUT2D eigenvalue weighted by molar-refractivity contribution is 7.99. The molecule has 1 aliphatic heterocycles. The van der Waals surface area contributed by atoms with Crippen LogP contribution in [0.25, 0.3) is 11.0 Å². The molecule has 4 nitrogen and oxygen atoms in total. The van der Waals surface area contributed by atoms with Gasteiger partial charge in [-0.25, -0.2) is 9.97 Å². The summed E-state index contributed by atoms with van der Waals surface area (Å²) in [6.45, 7) is 3.76. The Kier molecular flexibility index (Phi) is 3.87. The summed E-state index contributed by atoms with van der Waals surface area (Å²) in [4.78, 5) is 23.1. The van der Waals surface area contributed by atoms with Gasteiger partial charge in [-0.15, -0.1) is 0 Å². The smallest absolute Gasteiger partial charge is 0.232 e. The van der Waals surface area contributed by atoms with Crippen molar-refractivity contribution in [2.45, 2.75) is 24.8 Å². The number of aromatic nitrogens is 2. The van der Waals surface area contributed by atoms with Gasteiger partial charge in [0.25, 0.3) is 0 Å². The van der Waals surface area contributed by atoms with Gasteiger partial charge in [0.15, 0.2) is 0 Å². The van der Waals surface area contributed by atoms with Crippen molar-refractivity contribution in [1.29, 1.82) is 0 Å². The van der Waals surface area contributed by atoms with Gasteiger partial charge in [0.2, 0.25) is 5.91 Å². The van der Waals surface area contributed by atoms with E-state index in [0.29, 0.717) is 5.75 Å². The maximum absolute atomic E-state index is 12.1. The Morgan fingerprint density at radius 1 is 1.20 bits per heavy atom. The predicted molar refractivity (Wildman–Crippen MR) is 80.8 cm³/mol. The molecule has 5 heteroatoms. The SMILES string of the molecule is Cc1nc2ccccc2nc1SCC(=O)N1CCCC1. The average Bonchev–Trinajstić information content (AvgIpc) is 2.99. The molecule has 0 aliphatic carbocycles. The summed E-state index contributed by atoms with van der Waals surface area (Å²) in [5.41, 5.74) is 2.68. The summed E-state index contributed by atoms with van der Waals surface area (Å²) in [7, 11) is 0. The molecule has 1 saturated heterocycles. The molecule has 1 aromatic heterocycles. The number of rotatable bonds is 3. The molecular weight excluding hydrogens is 270 g/mol. The summed E-state index contributed by atoms with van der Waals surface area (Å²) in [6, 6.07) is 7.82. The number of hydrogen-bond donors (Lipinski definition) is 0. The van der Waals surface area contributed by atoms with Crippen molar-refractivity contribution in [2.24, 2.45) is 0 Å². The van der Waals surface area contributed by atoms with Crippen LogP contribution in [0.4, 0.5) is 0 Å². The molecule has 2 aromatic rings. The number of likely N-dealkylation sites (tertiary alicyclic amines) is 1. The van der Waals surface area contributed by atoms with Crippen molar-refractivity contribution in [2.75, 3.05) is 18.8 Å². The van der Waals surface area contributed by atoms with Crippen LogP contribution in [0.3, 0.4) is 0 Å². The first-order valence-corrected chi connectivity index (χ1v) is 7.86. The summed E-state index contributed by atoms with van der Waals surface area (Å²) < 4.78 is 0. The Hall–Kier alpha value is -1.62. The van der Waals surface area contributed by atoms with E-state index in [-0.39, 0.29) is 5.91 Å². The Labute approximate surface area is 122 Å². The first kappa shape index (κ1) is 13.4. The summed E-state index contributed by atoms with van der Waals surface area (Å²) in [5, 5.41) is 0.858. The average molecular weight is 287 g/mol. The minimum absolute atomic E-state index is 0.210. The van der Waals surface area contributed by atoms with Crippen molar-refractivity contribution >= 4 is 28.7 Å². The normalized spacial score (nSPS) is 14.9.